The third-order valence-electron chi connectivity index (χ3n) is 4.84. The Kier molecular flexibility index (Phi) is 4.61. The van der Waals surface area contributed by atoms with E-state index in [4.69, 9.17) is 0 Å². The molecule has 4 rings (SSSR count). The predicted octanol–water partition coefficient (Wildman–Crippen LogP) is 1.62. The molecular weight excluding hydrogens is 314 g/mol. The molecule has 1 aromatic heterocycles. The first-order valence-electron chi connectivity index (χ1n) is 8.91. The van der Waals surface area contributed by atoms with Gasteiger partial charge in [-0.3, -0.25) is 14.7 Å². The fourth-order valence-corrected chi connectivity index (χ4v) is 3.33. The molecule has 1 saturated carbocycles. The van der Waals surface area contributed by atoms with Gasteiger partial charge in [-0.1, -0.05) is 30.3 Å². The van der Waals surface area contributed by atoms with Gasteiger partial charge in [-0.25, -0.2) is 4.98 Å². The minimum atomic E-state index is -0.217. The van der Waals surface area contributed by atoms with Gasteiger partial charge in [0.05, 0.1) is 6.20 Å². The number of carbonyl (C=O) groups is 1. The largest absolute Gasteiger partial charge is 0.353 e. The lowest BCUT2D eigenvalue weighted by molar-refractivity contribution is -0.127. The standard InChI is InChI=1S/C19H23N5O/c25-19(22-16-6-7-16)18(15-4-2-1-3-5-15)24-12-10-23(11-13-24)17-14-20-8-9-21-17/h1-5,8-9,14,16,18H,6-7,10-13H2,(H,22,25). The smallest absolute Gasteiger partial charge is 0.242 e. The third-order valence-corrected chi connectivity index (χ3v) is 4.84. The van der Waals surface area contributed by atoms with Gasteiger partial charge in [0.1, 0.15) is 11.9 Å². The van der Waals surface area contributed by atoms with Crippen LogP contribution in [0.1, 0.15) is 24.4 Å². The van der Waals surface area contributed by atoms with Crippen molar-refractivity contribution in [1.29, 1.82) is 0 Å². The molecule has 1 aliphatic heterocycles. The van der Waals surface area contributed by atoms with Crippen molar-refractivity contribution >= 4 is 11.7 Å². The van der Waals surface area contributed by atoms with E-state index >= 15 is 0 Å². The zero-order valence-electron chi connectivity index (χ0n) is 14.2. The number of benzene rings is 1. The Labute approximate surface area is 147 Å². The van der Waals surface area contributed by atoms with E-state index in [1.54, 1.807) is 18.6 Å². The summed E-state index contributed by atoms with van der Waals surface area (Å²) in [5, 5.41) is 3.18. The molecule has 2 aliphatic rings. The van der Waals surface area contributed by atoms with Crippen molar-refractivity contribution in [1.82, 2.24) is 20.2 Å². The quantitative estimate of drug-likeness (QED) is 0.898. The second-order valence-corrected chi connectivity index (χ2v) is 6.68. The summed E-state index contributed by atoms with van der Waals surface area (Å²) in [6, 6.07) is 10.2. The molecule has 0 spiro atoms. The number of hydrogen-bond donors (Lipinski definition) is 1. The number of aromatic nitrogens is 2. The highest BCUT2D eigenvalue weighted by Crippen LogP contribution is 2.26. The van der Waals surface area contributed by atoms with E-state index < -0.39 is 0 Å². The van der Waals surface area contributed by atoms with Crippen molar-refractivity contribution in [3.63, 3.8) is 0 Å². The van der Waals surface area contributed by atoms with Crippen molar-refractivity contribution in [3.8, 4) is 0 Å². The highest BCUT2D eigenvalue weighted by atomic mass is 16.2. The summed E-state index contributed by atoms with van der Waals surface area (Å²) in [6.07, 6.45) is 7.41. The summed E-state index contributed by atoms with van der Waals surface area (Å²) in [6.45, 7) is 3.35. The molecule has 0 radical (unpaired) electrons. The van der Waals surface area contributed by atoms with Crippen molar-refractivity contribution < 1.29 is 4.79 Å². The minimum absolute atomic E-state index is 0.127. The minimum Gasteiger partial charge on any atom is -0.353 e. The summed E-state index contributed by atoms with van der Waals surface area (Å²) < 4.78 is 0. The van der Waals surface area contributed by atoms with Crippen LogP contribution >= 0.6 is 0 Å². The van der Waals surface area contributed by atoms with Gasteiger partial charge < -0.3 is 10.2 Å². The van der Waals surface area contributed by atoms with Gasteiger partial charge in [-0.2, -0.15) is 0 Å². The molecule has 1 N–H and O–H groups in total. The molecule has 1 saturated heterocycles. The van der Waals surface area contributed by atoms with E-state index in [2.05, 4.69) is 25.1 Å². The molecule has 25 heavy (non-hydrogen) atoms. The van der Waals surface area contributed by atoms with Gasteiger partial charge in [0.2, 0.25) is 5.91 Å². The maximum absolute atomic E-state index is 12.9. The van der Waals surface area contributed by atoms with E-state index in [0.29, 0.717) is 6.04 Å². The lowest BCUT2D eigenvalue weighted by Gasteiger charge is -2.39. The average molecular weight is 337 g/mol. The molecule has 1 aliphatic carbocycles. The Morgan fingerprint density at radius 2 is 1.84 bits per heavy atom. The fraction of sp³-hybridized carbons (Fsp3) is 0.421. The summed E-state index contributed by atoms with van der Waals surface area (Å²) in [4.78, 5) is 25.9. The molecule has 2 aromatic rings. The number of anilines is 1. The maximum atomic E-state index is 12.9. The van der Waals surface area contributed by atoms with Crippen LogP contribution in [0.25, 0.3) is 0 Å². The van der Waals surface area contributed by atoms with Crippen LogP contribution in [0.3, 0.4) is 0 Å². The number of rotatable bonds is 5. The van der Waals surface area contributed by atoms with Gasteiger partial charge in [0, 0.05) is 44.6 Å². The Bertz CT molecular complexity index is 696. The van der Waals surface area contributed by atoms with Gasteiger partial charge >= 0.3 is 0 Å². The normalized spacial score (nSPS) is 19.4. The second-order valence-electron chi connectivity index (χ2n) is 6.68. The van der Waals surface area contributed by atoms with Gasteiger partial charge in [0.25, 0.3) is 0 Å². The van der Waals surface area contributed by atoms with Crippen LogP contribution in [0.2, 0.25) is 0 Å². The molecule has 130 valence electrons. The maximum Gasteiger partial charge on any atom is 0.242 e. The molecule has 0 bridgehead atoms. The Hall–Kier alpha value is -2.47. The SMILES string of the molecule is O=C(NC1CC1)C(c1ccccc1)N1CCN(c2cnccn2)CC1. The first kappa shape index (κ1) is 16.0. The van der Waals surface area contributed by atoms with Crippen molar-refractivity contribution in [2.24, 2.45) is 0 Å². The van der Waals surface area contributed by atoms with Crippen LogP contribution in [0.15, 0.2) is 48.9 Å². The zero-order valence-corrected chi connectivity index (χ0v) is 14.2. The topological polar surface area (TPSA) is 61.4 Å². The van der Waals surface area contributed by atoms with Crippen molar-refractivity contribution in [2.45, 2.75) is 24.9 Å². The van der Waals surface area contributed by atoms with Gasteiger partial charge in [-0.05, 0) is 18.4 Å². The third kappa shape index (κ3) is 3.79. The highest BCUT2D eigenvalue weighted by molar-refractivity contribution is 5.83. The first-order chi connectivity index (χ1) is 12.3. The summed E-state index contributed by atoms with van der Waals surface area (Å²) in [5.41, 5.74) is 1.06. The number of nitrogens with one attached hydrogen (secondary N) is 1. The molecule has 1 aromatic carbocycles. The molecule has 6 heteroatoms. The number of nitrogens with zero attached hydrogens (tertiary/aromatic N) is 4. The number of hydrogen-bond acceptors (Lipinski definition) is 5. The Morgan fingerprint density at radius 1 is 1.08 bits per heavy atom. The van der Waals surface area contributed by atoms with Crippen LogP contribution in [-0.2, 0) is 4.79 Å². The highest BCUT2D eigenvalue weighted by Gasteiger charge is 2.33. The summed E-state index contributed by atoms with van der Waals surface area (Å²) >= 11 is 0. The number of carbonyl (C=O) groups excluding carboxylic acids is 1. The first-order valence-corrected chi connectivity index (χ1v) is 8.91. The lowest BCUT2D eigenvalue weighted by atomic mass is 10.0. The molecule has 1 unspecified atom stereocenters. The van der Waals surface area contributed by atoms with Crippen molar-refractivity contribution in [3.05, 3.63) is 54.5 Å². The van der Waals surface area contributed by atoms with Crippen LogP contribution < -0.4 is 10.2 Å². The monoisotopic (exact) mass is 337 g/mol. The predicted molar refractivity (Wildman–Crippen MR) is 96.2 cm³/mol. The van der Waals surface area contributed by atoms with E-state index in [1.165, 1.54) is 0 Å². The van der Waals surface area contributed by atoms with Gasteiger partial charge in [0.15, 0.2) is 0 Å². The zero-order chi connectivity index (χ0) is 17.1. The van der Waals surface area contributed by atoms with E-state index in [0.717, 1.165) is 50.4 Å². The lowest BCUT2D eigenvalue weighted by Crippen LogP contribution is -2.51. The Morgan fingerprint density at radius 3 is 2.48 bits per heavy atom. The average Bonchev–Trinajstić information content (AvgIpc) is 3.48. The molecule has 6 nitrogen and oxygen atoms in total. The molecule has 2 fully saturated rings. The summed E-state index contributed by atoms with van der Waals surface area (Å²) in [5.74, 6) is 1.03. The van der Waals surface area contributed by atoms with E-state index in [1.807, 2.05) is 30.3 Å². The molecule has 1 amide bonds. The molecular formula is C19H23N5O. The second kappa shape index (κ2) is 7.19. The Balaban J connectivity index is 1.47. The van der Waals surface area contributed by atoms with Gasteiger partial charge in [-0.15, -0.1) is 0 Å². The number of amides is 1. The summed E-state index contributed by atoms with van der Waals surface area (Å²) in [7, 11) is 0. The molecule has 2 heterocycles. The van der Waals surface area contributed by atoms with Crippen LogP contribution in [0.4, 0.5) is 5.82 Å². The van der Waals surface area contributed by atoms with Crippen molar-refractivity contribution in [2.75, 3.05) is 31.1 Å². The number of piperazine rings is 1. The van der Waals surface area contributed by atoms with Crippen LogP contribution in [0, 0.1) is 0 Å². The fourth-order valence-electron chi connectivity index (χ4n) is 3.33. The molecule has 1 atom stereocenters. The van der Waals surface area contributed by atoms with Crippen LogP contribution in [0.5, 0.6) is 0 Å². The van der Waals surface area contributed by atoms with E-state index in [-0.39, 0.29) is 11.9 Å². The van der Waals surface area contributed by atoms with Crippen LogP contribution in [-0.4, -0.2) is 53.0 Å². The van der Waals surface area contributed by atoms with E-state index in [9.17, 15) is 4.79 Å².